The number of hydrogen-bond donors (Lipinski definition) is 1. The summed E-state index contributed by atoms with van der Waals surface area (Å²) in [5, 5.41) is 6.51. The van der Waals surface area contributed by atoms with Gasteiger partial charge in [-0.15, -0.1) is 0 Å². The summed E-state index contributed by atoms with van der Waals surface area (Å²) in [4.78, 5) is 8.25. The number of H-pyrrole nitrogens is 1. The van der Waals surface area contributed by atoms with Crippen LogP contribution in [0.3, 0.4) is 0 Å². The molecule has 1 aromatic carbocycles. The highest BCUT2D eigenvalue weighted by molar-refractivity contribution is 5.89. The van der Waals surface area contributed by atoms with Gasteiger partial charge in [-0.25, -0.2) is 22.5 Å². The van der Waals surface area contributed by atoms with E-state index in [4.69, 9.17) is 0 Å². The van der Waals surface area contributed by atoms with Crippen LogP contribution in [0.4, 0.5) is 17.6 Å². The number of aromatic amines is 1. The van der Waals surface area contributed by atoms with Crippen molar-refractivity contribution < 1.29 is 17.6 Å². The highest BCUT2D eigenvalue weighted by atomic mass is 19.3. The van der Waals surface area contributed by atoms with Crippen LogP contribution < -0.4 is 0 Å². The number of alkyl halides is 4. The van der Waals surface area contributed by atoms with Crippen molar-refractivity contribution in [2.45, 2.75) is 12.9 Å². The normalized spacial score (nSPS) is 11.6. The SMILES string of the molecule is FC(F)c1cccc(-c2ncccc2-c2ccc3n[nH]c(C(F)F)c3c2)n1. The largest absolute Gasteiger partial charge is 0.280 e. The Balaban J connectivity index is 1.87. The predicted octanol–water partition coefficient (Wildman–Crippen LogP) is 5.56. The van der Waals surface area contributed by atoms with Crippen molar-refractivity contribution in [3.63, 3.8) is 0 Å². The summed E-state index contributed by atoms with van der Waals surface area (Å²) in [6, 6.07) is 12.6. The van der Waals surface area contributed by atoms with Gasteiger partial charge >= 0.3 is 0 Å². The predicted molar refractivity (Wildman–Crippen MR) is 92.5 cm³/mol. The van der Waals surface area contributed by atoms with Crippen molar-refractivity contribution in [3.05, 3.63) is 66.1 Å². The number of rotatable bonds is 4. The topological polar surface area (TPSA) is 54.5 Å². The minimum Gasteiger partial charge on any atom is -0.276 e. The van der Waals surface area contributed by atoms with Crippen molar-refractivity contribution in [2.24, 2.45) is 0 Å². The molecule has 1 N–H and O–H groups in total. The smallest absolute Gasteiger partial charge is 0.276 e. The fourth-order valence-corrected chi connectivity index (χ4v) is 2.91. The maximum absolute atomic E-state index is 13.2. The number of pyridine rings is 2. The lowest BCUT2D eigenvalue weighted by Crippen LogP contribution is -1.95. The first-order chi connectivity index (χ1) is 13.0. The monoisotopic (exact) mass is 372 g/mol. The molecule has 0 spiro atoms. The number of fused-ring (bicyclic) bond motifs is 1. The van der Waals surface area contributed by atoms with E-state index in [1.807, 2.05) is 0 Å². The van der Waals surface area contributed by atoms with Crippen LogP contribution in [0.15, 0.2) is 54.7 Å². The standard InChI is InChI=1S/C19H12F4N4/c20-18(21)15-5-1-4-14(25-15)16-11(3-2-8-24-16)10-6-7-13-12(9-10)17(19(22)23)27-26-13/h1-9,18-19H,(H,26,27). The zero-order valence-electron chi connectivity index (χ0n) is 13.7. The van der Waals surface area contributed by atoms with Crippen LogP contribution in [0.2, 0.25) is 0 Å². The first-order valence-electron chi connectivity index (χ1n) is 8.01. The molecular formula is C19H12F4N4. The molecule has 0 atom stereocenters. The minimum absolute atomic E-state index is 0.268. The number of halogens is 4. The molecule has 136 valence electrons. The Kier molecular flexibility index (Phi) is 4.31. The molecule has 0 aliphatic heterocycles. The van der Waals surface area contributed by atoms with E-state index in [-0.39, 0.29) is 17.1 Å². The zero-order chi connectivity index (χ0) is 19.0. The highest BCUT2D eigenvalue weighted by Gasteiger charge is 2.17. The van der Waals surface area contributed by atoms with Crippen molar-refractivity contribution in [2.75, 3.05) is 0 Å². The second kappa shape index (κ2) is 6.79. The fourth-order valence-electron chi connectivity index (χ4n) is 2.91. The average Bonchev–Trinajstić information content (AvgIpc) is 3.11. The maximum Gasteiger partial charge on any atom is 0.280 e. The fraction of sp³-hybridized carbons (Fsp3) is 0.105. The lowest BCUT2D eigenvalue weighted by Gasteiger charge is -2.10. The third-order valence-corrected chi connectivity index (χ3v) is 4.16. The number of nitrogens with zero attached hydrogens (tertiary/aromatic N) is 3. The molecule has 0 amide bonds. The van der Waals surface area contributed by atoms with Gasteiger partial charge in [-0.1, -0.05) is 18.2 Å². The van der Waals surface area contributed by atoms with E-state index in [0.717, 1.165) is 0 Å². The summed E-state index contributed by atoms with van der Waals surface area (Å²) < 4.78 is 52.3. The molecule has 0 aliphatic carbocycles. The van der Waals surface area contributed by atoms with E-state index >= 15 is 0 Å². The van der Waals surface area contributed by atoms with Gasteiger partial charge in [0.2, 0.25) is 0 Å². The van der Waals surface area contributed by atoms with Crippen LogP contribution in [0.1, 0.15) is 24.2 Å². The van der Waals surface area contributed by atoms with Gasteiger partial charge in [0.15, 0.2) is 0 Å². The summed E-state index contributed by atoms with van der Waals surface area (Å²) in [5.41, 5.74) is 1.67. The van der Waals surface area contributed by atoms with Gasteiger partial charge in [0.25, 0.3) is 12.9 Å². The van der Waals surface area contributed by atoms with Gasteiger partial charge in [-0.3, -0.25) is 10.1 Å². The molecule has 0 aliphatic rings. The molecule has 0 radical (unpaired) electrons. The molecule has 3 heterocycles. The van der Waals surface area contributed by atoms with E-state index in [1.54, 1.807) is 36.4 Å². The van der Waals surface area contributed by atoms with Gasteiger partial charge in [0.05, 0.1) is 16.9 Å². The third kappa shape index (κ3) is 3.14. The minimum atomic E-state index is -2.70. The molecule has 4 nitrogen and oxygen atoms in total. The molecule has 3 aromatic heterocycles. The van der Waals surface area contributed by atoms with Gasteiger partial charge in [0, 0.05) is 17.1 Å². The van der Waals surface area contributed by atoms with Gasteiger partial charge in [0.1, 0.15) is 11.4 Å². The second-order valence-electron chi connectivity index (χ2n) is 5.82. The van der Waals surface area contributed by atoms with E-state index in [9.17, 15) is 17.6 Å². The first-order valence-corrected chi connectivity index (χ1v) is 8.01. The Labute approximate surface area is 150 Å². The van der Waals surface area contributed by atoms with Gasteiger partial charge in [-0.2, -0.15) is 5.10 Å². The zero-order valence-corrected chi connectivity index (χ0v) is 13.7. The lowest BCUT2D eigenvalue weighted by molar-refractivity contribution is 0.146. The van der Waals surface area contributed by atoms with Gasteiger partial charge < -0.3 is 0 Å². The van der Waals surface area contributed by atoms with Crippen LogP contribution >= 0.6 is 0 Å². The molecular weight excluding hydrogens is 360 g/mol. The van der Waals surface area contributed by atoms with Crippen LogP contribution in [-0.2, 0) is 0 Å². The molecule has 0 fully saturated rings. The van der Waals surface area contributed by atoms with Crippen LogP contribution in [0, 0.1) is 0 Å². The summed E-state index contributed by atoms with van der Waals surface area (Å²) in [7, 11) is 0. The molecule has 8 heteroatoms. The molecule has 0 saturated carbocycles. The second-order valence-corrected chi connectivity index (χ2v) is 5.82. The lowest BCUT2D eigenvalue weighted by atomic mass is 10.00. The Hall–Kier alpha value is -3.29. The summed E-state index contributed by atoms with van der Waals surface area (Å²) >= 11 is 0. The Morgan fingerprint density at radius 1 is 0.889 bits per heavy atom. The Bertz CT molecular complexity index is 1110. The van der Waals surface area contributed by atoms with Crippen LogP contribution in [-0.4, -0.2) is 20.2 Å². The van der Waals surface area contributed by atoms with Crippen LogP contribution in [0.5, 0.6) is 0 Å². The summed E-state index contributed by atoms with van der Waals surface area (Å²) in [6.45, 7) is 0. The number of hydrogen-bond acceptors (Lipinski definition) is 3. The molecule has 4 rings (SSSR count). The van der Waals surface area contributed by atoms with Crippen molar-refractivity contribution in [1.29, 1.82) is 0 Å². The molecule has 4 aromatic rings. The number of nitrogens with one attached hydrogen (secondary N) is 1. The molecule has 0 unspecified atom stereocenters. The summed E-state index contributed by atoms with van der Waals surface area (Å²) in [6.07, 6.45) is -3.87. The Morgan fingerprint density at radius 3 is 2.52 bits per heavy atom. The van der Waals surface area contributed by atoms with Crippen molar-refractivity contribution in [1.82, 2.24) is 20.2 Å². The van der Waals surface area contributed by atoms with Crippen LogP contribution in [0.25, 0.3) is 33.4 Å². The molecule has 0 saturated heterocycles. The van der Waals surface area contributed by atoms with E-state index in [2.05, 4.69) is 20.2 Å². The quantitative estimate of drug-likeness (QED) is 0.477. The van der Waals surface area contributed by atoms with E-state index < -0.39 is 12.9 Å². The number of benzene rings is 1. The average molecular weight is 372 g/mol. The number of aromatic nitrogens is 4. The van der Waals surface area contributed by atoms with E-state index in [1.165, 1.54) is 18.3 Å². The summed E-state index contributed by atoms with van der Waals surface area (Å²) in [5.74, 6) is 0. The van der Waals surface area contributed by atoms with Crippen molar-refractivity contribution >= 4 is 10.9 Å². The third-order valence-electron chi connectivity index (χ3n) is 4.16. The Morgan fingerprint density at radius 2 is 1.74 bits per heavy atom. The van der Waals surface area contributed by atoms with E-state index in [0.29, 0.717) is 27.7 Å². The first kappa shape index (κ1) is 17.1. The highest BCUT2D eigenvalue weighted by Crippen LogP contribution is 2.34. The molecule has 0 bridgehead atoms. The molecule has 27 heavy (non-hydrogen) atoms. The van der Waals surface area contributed by atoms with Gasteiger partial charge in [-0.05, 0) is 35.9 Å². The maximum atomic E-state index is 13.2. The van der Waals surface area contributed by atoms with Crippen molar-refractivity contribution in [3.8, 4) is 22.5 Å².